The van der Waals surface area contributed by atoms with Crippen LogP contribution >= 0.6 is 0 Å². The monoisotopic (exact) mass is 383 g/mol. The smallest absolute Gasteiger partial charge is 0.329 e. The standard InChI is InChI=1S/C19H21N5O4/c1-12(25)22-17-10-14(8-9-20-17)28-15-6-7-16(21-11-15)23-19(27)24(2)18(26)13-4-3-5-13/h6-11,13H,3-5H2,1-2H3,(H,20,22,25)(H,21,23,27). The van der Waals surface area contributed by atoms with E-state index < -0.39 is 6.03 Å². The largest absolute Gasteiger partial charge is 0.456 e. The van der Waals surface area contributed by atoms with E-state index >= 15 is 0 Å². The Morgan fingerprint density at radius 2 is 1.86 bits per heavy atom. The van der Waals surface area contributed by atoms with Crippen molar-refractivity contribution in [2.75, 3.05) is 17.7 Å². The highest BCUT2D eigenvalue weighted by Gasteiger charge is 2.30. The van der Waals surface area contributed by atoms with Crippen LogP contribution in [0.3, 0.4) is 0 Å². The quantitative estimate of drug-likeness (QED) is 0.820. The number of rotatable bonds is 5. The van der Waals surface area contributed by atoms with Gasteiger partial charge in [-0.3, -0.25) is 19.8 Å². The summed E-state index contributed by atoms with van der Waals surface area (Å²) in [5.74, 6) is 1.14. The number of aromatic nitrogens is 2. The second kappa shape index (κ2) is 8.47. The summed E-state index contributed by atoms with van der Waals surface area (Å²) in [5.41, 5.74) is 0. The van der Waals surface area contributed by atoms with Crippen LogP contribution in [0.15, 0.2) is 36.7 Å². The SMILES string of the molecule is CC(=O)Nc1cc(Oc2ccc(NC(=O)N(C)C(=O)C3CCC3)nc2)ccn1. The molecule has 2 N–H and O–H groups in total. The van der Waals surface area contributed by atoms with Crippen LogP contribution in [0.25, 0.3) is 0 Å². The summed E-state index contributed by atoms with van der Waals surface area (Å²) in [4.78, 5) is 44.6. The maximum atomic E-state index is 12.2. The topological polar surface area (TPSA) is 114 Å². The van der Waals surface area contributed by atoms with Crippen molar-refractivity contribution in [2.45, 2.75) is 26.2 Å². The van der Waals surface area contributed by atoms with Gasteiger partial charge in [0.05, 0.1) is 6.20 Å². The summed E-state index contributed by atoms with van der Waals surface area (Å²) >= 11 is 0. The number of amides is 4. The Bertz CT molecular complexity index is 880. The van der Waals surface area contributed by atoms with Gasteiger partial charge in [0, 0.05) is 32.2 Å². The van der Waals surface area contributed by atoms with E-state index in [2.05, 4.69) is 20.6 Å². The lowest BCUT2D eigenvalue weighted by Gasteiger charge is -2.28. The molecule has 9 nitrogen and oxygen atoms in total. The minimum absolute atomic E-state index is 0.0535. The summed E-state index contributed by atoms with van der Waals surface area (Å²) in [5, 5.41) is 5.16. The van der Waals surface area contributed by atoms with Crippen LogP contribution in [0.1, 0.15) is 26.2 Å². The second-order valence-corrected chi connectivity index (χ2v) is 6.49. The maximum absolute atomic E-state index is 12.2. The van der Waals surface area contributed by atoms with Gasteiger partial charge in [0.1, 0.15) is 23.1 Å². The Morgan fingerprint density at radius 1 is 1.07 bits per heavy atom. The van der Waals surface area contributed by atoms with Crippen molar-refractivity contribution >= 4 is 29.5 Å². The number of urea groups is 1. The molecular formula is C19H21N5O4. The highest BCUT2D eigenvalue weighted by molar-refractivity contribution is 6.01. The Labute approximate surface area is 162 Å². The van der Waals surface area contributed by atoms with Gasteiger partial charge in [-0.15, -0.1) is 0 Å². The molecular weight excluding hydrogens is 362 g/mol. The van der Waals surface area contributed by atoms with Crippen LogP contribution in [0.4, 0.5) is 16.4 Å². The normalized spacial score (nSPS) is 13.2. The van der Waals surface area contributed by atoms with E-state index in [0.717, 1.165) is 24.2 Å². The molecule has 3 rings (SSSR count). The molecule has 1 aliphatic carbocycles. The van der Waals surface area contributed by atoms with Crippen LogP contribution in [0.5, 0.6) is 11.5 Å². The number of imide groups is 1. The number of ether oxygens (including phenoxy) is 1. The Hall–Kier alpha value is -3.49. The minimum Gasteiger partial charge on any atom is -0.456 e. The molecule has 0 radical (unpaired) electrons. The molecule has 0 atom stereocenters. The van der Waals surface area contributed by atoms with Crippen LogP contribution in [-0.2, 0) is 9.59 Å². The first kappa shape index (κ1) is 19.3. The first-order valence-corrected chi connectivity index (χ1v) is 8.88. The third-order valence-electron chi connectivity index (χ3n) is 4.33. The van der Waals surface area contributed by atoms with Gasteiger partial charge in [-0.2, -0.15) is 0 Å². The number of pyridine rings is 2. The first-order chi connectivity index (χ1) is 13.4. The molecule has 0 saturated heterocycles. The van der Waals surface area contributed by atoms with Crippen molar-refractivity contribution < 1.29 is 19.1 Å². The predicted octanol–water partition coefficient (Wildman–Crippen LogP) is 3.02. The van der Waals surface area contributed by atoms with Crippen LogP contribution in [-0.4, -0.2) is 39.8 Å². The summed E-state index contributed by atoms with van der Waals surface area (Å²) in [6.45, 7) is 1.39. The molecule has 146 valence electrons. The average molecular weight is 383 g/mol. The lowest BCUT2D eigenvalue weighted by Crippen LogP contribution is -2.42. The third kappa shape index (κ3) is 4.81. The third-order valence-corrected chi connectivity index (χ3v) is 4.33. The molecule has 0 bridgehead atoms. The van der Waals surface area contributed by atoms with Crippen molar-refractivity contribution in [3.05, 3.63) is 36.7 Å². The molecule has 1 fully saturated rings. The van der Waals surface area contributed by atoms with E-state index in [1.54, 1.807) is 24.3 Å². The van der Waals surface area contributed by atoms with Gasteiger partial charge >= 0.3 is 6.03 Å². The molecule has 9 heteroatoms. The molecule has 0 aliphatic heterocycles. The number of anilines is 2. The number of hydrogen-bond acceptors (Lipinski definition) is 6. The summed E-state index contributed by atoms with van der Waals surface area (Å²) in [6, 6.07) is 5.91. The van der Waals surface area contributed by atoms with Gasteiger partial charge in [-0.05, 0) is 31.0 Å². The number of carbonyl (C=O) groups excluding carboxylic acids is 3. The number of carbonyl (C=O) groups is 3. The van der Waals surface area contributed by atoms with Crippen molar-refractivity contribution in [3.63, 3.8) is 0 Å². The van der Waals surface area contributed by atoms with E-state index in [4.69, 9.17) is 4.74 Å². The predicted molar refractivity (Wildman–Crippen MR) is 102 cm³/mol. The summed E-state index contributed by atoms with van der Waals surface area (Å²) < 4.78 is 5.67. The zero-order valence-corrected chi connectivity index (χ0v) is 15.6. The van der Waals surface area contributed by atoms with E-state index in [1.165, 1.54) is 26.4 Å². The molecule has 28 heavy (non-hydrogen) atoms. The van der Waals surface area contributed by atoms with Gasteiger partial charge < -0.3 is 10.1 Å². The van der Waals surface area contributed by atoms with Gasteiger partial charge in [-0.1, -0.05) is 6.42 Å². The molecule has 2 aromatic heterocycles. The number of nitrogens with zero attached hydrogens (tertiary/aromatic N) is 3. The van der Waals surface area contributed by atoms with Crippen molar-refractivity contribution in [2.24, 2.45) is 5.92 Å². The lowest BCUT2D eigenvalue weighted by atomic mass is 9.84. The van der Waals surface area contributed by atoms with E-state index in [0.29, 0.717) is 23.1 Å². The van der Waals surface area contributed by atoms with Gasteiger partial charge in [-0.25, -0.2) is 14.8 Å². The fraction of sp³-hybridized carbons (Fsp3) is 0.316. The van der Waals surface area contributed by atoms with Crippen molar-refractivity contribution in [1.29, 1.82) is 0 Å². The average Bonchev–Trinajstić information content (AvgIpc) is 2.61. The molecule has 2 heterocycles. The Morgan fingerprint density at radius 3 is 2.46 bits per heavy atom. The fourth-order valence-corrected chi connectivity index (χ4v) is 2.60. The Balaban J connectivity index is 1.58. The summed E-state index contributed by atoms with van der Waals surface area (Å²) in [6.07, 6.45) is 5.65. The minimum atomic E-state index is -0.521. The zero-order valence-electron chi connectivity index (χ0n) is 15.6. The summed E-state index contributed by atoms with van der Waals surface area (Å²) in [7, 11) is 1.46. The highest BCUT2D eigenvalue weighted by Crippen LogP contribution is 2.28. The van der Waals surface area contributed by atoms with Crippen LogP contribution in [0, 0.1) is 5.92 Å². The molecule has 0 aromatic carbocycles. The Kier molecular flexibility index (Phi) is 5.83. The van der Waals surface area contributed by atoms with Crippen LogP contribution in [0.2, 0.25) is 0 Å². The molecule has 1 aliphatic rings. The van der Waals surface area contributed by atoms with E-state index in [1.807, 2.05) is 0 Å². The molecule has 4 amide bonds. The molecule has 0 spiro atoms. The second-order valence-electron chi connectivity index (χ2n) is 6.49. The zero-order chi connectivity index (χ0) is 20.1. The lowest BCUT2D eigenvalue weighted by molar-refractivity contribution is -0.133. The van der Waals surface area contributed by atoms with E-state index in [9.17, 15) is 14.4 Å². The highest BCUT2D eigenvalue weighted by atomic mass is 16.5. The van der Waals surface area contributed by atoms with Gasteiger partial charge in [0.2, 0.25) is 11.8 Å². The fourth-order valence-electron chi connectivity index (χ4n) is 2.60. The first-order valence-electron chi connectivity index (χ1n) is 8.88. The molecule has 2 aromatic rings. The number of hydrogen-bond donors (Lipinski definition) is 2. The maximum Gasteiger partial charge on any atom is 0.329 e. The molecule has 0 unspecified atom stereocenters. The van der Waals surface area contributed by atoms with Gasteiger partial charge in [0.25, 0.3) is 0 Å². The van der Waals surface area contributed by atoms with Gasteiger partial charge in [0.15, 0.2) is 0 Å². The van der Waals surface area contributed by atoms with E-state index in [-0.39, 0.29) is 17.7 Å². The number of nitrogens with one attached hydrogen (secondary N) is 2. The van der Waals surface area contributed by atoms with Crippen molar-refractivity contribution in [1.82, 2.24) is 14.9 Å². The molecule has 1 saturated carbocycles. The van der Waals surface area contributed by atoms with Crippen molar-refractivity contribution in [3.8, 4) is 11.5 Å². The van der Waals surface area contributed by atoms with Crippen LogP contribution < -0.4 is 15.4 Å².